The van der Waals surface area contributed by atoms with Crippen LogP contribution >= 0.6 is 0 Å². The first-order chi connectivity index (χ1) is 8.74. The molecule has 0 atom stereocenters. The lowest BCUT2D eigenvalue weighted by molar-refractivity contribution is 0.0810. The van der Waals surface area contributed by atoms with Crippen molar-refractivity contribution in [3.05, 3.63) is 35.4 Å². The number of aliphatic hydroxyl groups is 1. The molecule has 1 fully saturated rings. The summed E-state index contributed by atoms with van der Waals surface area (Å²) in [5, 5.41) is 13.2. The van der Waals surface area contributed by atoms with E-state index in [0.717, 1.165) is 13.1 Å². The molecule has 0 spiro atoms. The lowest BCUT2D eigenvalue weighted by atomic mass is 9.74. The summed E-state index contributed by atoms with van der Waals surface area (Å²) >= 11 is 0. The topological polar surface area (TPSA) is 32.3 Å². The summed E-state index contributed by atoms with van der Waals surface area (Å²) in [7, 11) is 0. The molecule has 2 heteroatoms. The summed E-state index contributed by atoms with van der Waals surface area (Å²) in [5.74, 6) is 0. The van der Waals surface area contributed by atoms with E-state index in [4.69, 9.17) is 0 Å². The van der Waals surface area contributed by atoms with E-state index in [1.165, 1.54) is 43.2 Å². The van der Waals surface area contributed by atoms with Crippen molar-refractivity contribution in [1.29, 1.82) is 0 Å². The zero-order valence-electron chi connectivity index (χ0n) is 11.4. The largest absolute Gasteiger partial charge is 0.396 e. The average Bonchev–Trinajstić information content (AvgIpc) is 2.42. The number of nitrogens with one attached hydrogen (secondary N) is 1. The minimum atomic E-state index is 0.142. The molecule has 1 aromatic rings. The van der Waals surface area contributed by atoms with E-state index in [1.54, 1.807) is 0 Å². The van der Waals surface area contributed by atoms with Crippen LogP contribution in [0.3, 0.4) is 0 Å². The Morgan fingerprint density at radius 3 is 2.39 bits per heavy atom. The van der Waals surface area contributed by atoms with E-state index in [9.17, 15) is 5.11 Å². The third-order valence-corrected chi connectivity index (χ3v) is 4.20. The number of benzene rings is 1. The first-order valence-corrected chi connectivity index (χ1v) is 7.11. The highest BCUT2D eigenvalue weighted by Crippen LogP contribution is 2.35. The predicted octanol–water partition coefficient (Wildman–Crippen LogP) is 3.03. The van der Waals surface area contributed by atoms with Crippen LogP contribution in [0.15, 0.2) is 24.3 Å². The van der Waals surface area contributed by atoms with Crippen molar-refractivity contribution in [1.82, 2.24) is 5.32 Å². The lowest BCUT2D eigenvalue weighted by Gasteiger charge is -2.35. The third-order valence-electron chi connectivity index (χ3n) is 4.20. The van der Waals surface area contributed by atoms with Crippen LogP contribution in [0.1, 0.15) is 43.2 Å². The van der Waals surface area contributed by atoms with Gasteiger partial charge < -0.3 is 10.4 Å². The highest BCUT2D eigenvalue weighted by Gasteiger charge is 2.30. The molecular weight excluding hydrogens is 222 g/mol. The summed E-state index contributed by atoms with van der Waals surface area (Å²) in [5.41, 5.74) is 2.77. The smallest absolute Gasteiger partial charge is 0.0499 e. The van der Waals surface area contributed by atoms with Crippen LogP contribution < -0.4 is 5.32 Å². The summed E-state index contributed by atoms with van der Waals surface area (Å²) < 4.78 is 0. The molecule has 18 heavy (non-hydrogen) atoms. The van der Waals surface area contributed by atoms with Gasteiger partial charge in [0.1, 0.15) is 0 Å². The van der Waals surface area contributed by atoms with Gasteiger partial charge in [-0.25, -0.2) is 0 Å². The van der Waals surface area contributed by atoms with Gasteiger partial charge in [-0.3, -0.25) is 0 Å². The van der Waals surface area contributed by atoms with Gasteiger partial charge in [-0.1, -0.05) is 49.1 Å². The van der Waals surface area contributed by atoms with Gasteiger partial charge >= 0.3 is 0 Å². The van der Waals surface area contributed by atoms with Crippen LogP contribution in [0.4, 0.5) is 0 Å². The highest BCUT2D eigenvalue weighted by atomic mass is 16.3. The second-order valence-electron chi connectivity index (χ2n) is 5.81. The molecule has 2 nitrogen and oxygen atoms in total. The van der Waals surface area contributed by atoms with Crippen molar-refractivity contribution in [3.63, 3.8) is 0 Å². The Bertz CT molecular complexity index is 352. The van der Waals surface area contributed by atoms with E-state index >= 15 is 0 Å². The maximum absolute atomic E-state index is 9.64. The SMILES string of the molecule is Cc1ccc(CNCC2(CO)CCCCC2)cc1. The molecular formula is C16H25NO. The maximum atomic E-state index is 9.64. The Kier molecular flexibility index (Phi) is 4.79. The Labute approximate surface area is 110 Å². The molecule has 0 unspecified atom stereocenters. The van der Waals surface area contributed by atoms with Gasteiger partial charge in [0, 0.05) is 25.1 Å². The Hall–Kier alpha value is -0.860. The minimum Gasteiger partial charge on any atom is -0.396 e. The number of hydrogen-bond donors (Lipinski definition) is 2. The molecule has 0 aromatic heterocycles. The first-order valence-electron chi connectivity index (χ1n) is 7.11. The summed E-state index contributed by atoms with van der Waals surface area (Å²) in [4.78, 5) is 0. The normalized spacial score (nSPS) is 18.8. The summed E-state index contributed by atoms with van der Waals surface area (Å²) in [6, 6.07) is 8.66. The standard InChI is InChI=1S/C16H25NO/c1-14-5-7-15(8-6-14)11-17-12-16(13-18)9-3-2-4-10-16/h5-8,17-18H,2-4,9-13H2,1H3. The molecule has 2 N–H and O–H groups in total. The van der Waals surface area contributed by atoms with Crippen LogP contribution in [-0.2, 0) is 6.54 Å². The van der Waals surface area contributed by atoms with Crippen molar-refractivity contribution in [3.8, 4) is 0 Å². The average molecular weight is 247 g/mol. The Morgan fingerprint density at radius 1 is 1.11 bits per heavy atom. The van der Waals surface area contributed by atoms with Gasteiger partial charge in [-0.05, 0) is 25.3 Å². The van der Waals surface area contributed by atoms with Crippen LogP contribution in [-0.4, -0.2) is 18.3 Å². The Balaban J connectivity index is 1.81. The fraction of sp³-hybridized carbons (Fsp3) is 0.625. The van der Waals surface area contributed by atoms with Crippen molar-refractivity contribution >= 4 is 0 Å². The number of rotatable bonds is 5. The molecule has 0 bridgehead atoms. The van der Waals surface area contributed by atoms with Crippen molar-refractivity contribution < 1.29 is 5.11 Å². The van der Waals surface area contributed by atoms with E-state index in [2.05, 4.69) is 36.5 Å². The summed E-state index contributed by atoms with van der Waals surface area (Å²) in [6.07, 6.45) is 6.22. The van der Waals surface area contributed by atoms with Gasteiger partial charge in [-0.2, -0.15) is 0 Å². The fourth-order valence-corrected chi connectivity index (χ4v) is 2.87. The molecule has 0 amide bonds. The van der Waals surface area contributed by atoms with Crippen LogP contribution in [0.2, 0.25) is 0 Å². The molecule has 100 valence electrons. The van der Waals surface area contributed by atoms with E-state index in [-0.39, 0.29) is 5.41 Å². The number of aliphatic hydroxyl groups excluding tert-OH is 1. The van der Waals surface area contributed by atoms with Crippen LogP contribution in [0.5, 0.6) is 0 Å². The zero-order chi connectivity index (χ0) is 12.8. The number of aryl methyl sites for hydroxylation is 1. The van der Waals surface area contributed by atoms with Crippen LogP contribution in [0.25, 0.3) is 0 Å². The molecule has 2 rings (SSSR count). The van der Waals surface area contributed by atoms with Gasteiger partial charge in [-0.15, -0.1) is 0 Å². The highest BCUT2D eigenvalue weighted by molar-refractivity contribution is 5.21. The molecule has 0 aliphatic heterocycles. The lowest BCUT2D eigenvalue weighted by Crippen LogP contribution is -2.38. The van der Waals surface area contributed by atoms with Crippen molar-refractivity contribution in [2.24, 2.45) is 5.41 Å². The van der Waals surface area contributed by atoms with E-state index in [1.807, 2.05) is 0 Å². The molecule has 1 aliphatic carbocycles. The molecule has 0 heterocycles. The van der Waals surface area contributed by atoms with Crippen molar-refractivity contribution in [2.45, 2.75) is 45.6 Å². The van der Waals surface area contributed by atoms with Gasteiger partial charge in [0.2, 0.25) is 0 Å². The second kappa shape index (κ2) is 6.35. The molecule has 1 saturated carbocycles. The molecule has 1 aliphatic rings. The second-order valence-corrected chi connectivity index (χ2v) is 5.81. The van der Waals surface area contributed by atoms with Crippen molar-refractivity contribution in [2.75, 3.05) is 13.2 Å². The Morgan fingerprint density at radius 2 is 1.78 bits per heavy atom. The monoisotopic (exact) mass is 247 g/mol. The van der Waals surface area contributed by atoms with Crippen LogP contribution in [0, 0.1) is 12.3 Å². The van der Waals surface area contributed by atoms with E-state index < -0.39 is 0 Å². The maximum Gasteiger partial charge on any atom is 0.0499 e. The first kappa shape index (κ1) is 13.6. The minimum absolute atomic E-state index is 0.142. The van der Waals surface area contributed by atoms with Gasteiger partial charge in [0.05, 0.1) is 0 Å². The summed E-state index contributed by atoms with van der Waals surface area (Å²) in [6.45, 7) is 4.29. The zero-order valence-corrected chi connectivity index (χ0v) is 11.4. The van der Waals surface area contributed by atoms with Gasteiger partial charge in [0.25, 0.3) is 0 Å². The third kappa shape index (κ3) is 3.56. The molecule has 1 aromatic carbocycles. The molecule has 0 saturated heterocycles. The molecule has 0 radical (unpaired) electrons. The quantitative estimate of drug-likeness (QED) is 0.838. The fourth-order valence-electron chi connectivity index (χ4n) is 2.87. The van der Waals surface area contributed by atoms with E-state index in [0.29, 0.717) is 6.61 Å². The number of hydrogen-bond acceptors (Lipinski definition) is 2. The van der Waals surface area contributed by atoms with Gasteiger partial charge in [0.15, 0.2) is 0 Å². The predicted molar refractivity (Wildman–Crippen MR) is 75.5 cm³/mol.